The van der Waals surface area contributed by atoms with E-state index in [9.17, 15) is 13.2 Å². The molecule has 0 bridgehead atoms. The Bertz CT molecular complexity index is 1170. The van der Waals surface area contributed by atoms with Crippen molar-refractivity contribution in [3.63, 3.8) is 0 Å². The number of thioether (sulfide) groups is 1. The Kier molecular flexibility index (Phi) is 7.09. The Labute approximate surface area is 195 Å². The van der Waals surface area contributed by atoms with Crippen LogP contribution < -0.4 is 10.1 Å². The van der Waals surface area contributed by atoms with Crippen molar-refractivity contribution in [3.8, 4) is 5.75 Å². The quantitative estimate of drug-likeness (QED) is 0.380. The summed E-state index contributed by atoms with van der Waals surface area (Å²) >= 11 is 2.81. The van der Waals surface area contributed by atoms with E-state index in [1.165, 1.54) is 52.2 Å². The van der Waals surface area contributed by atoms with Gasteiger partial charge in [-0.25, -0.2) is 8.42 Å². The fraction of sp³-hybridized carbons (Fsp3) is 0.286. The lowest BCUT2D eigenvalue weighted by Crippen LogP contribution is -2.43. The molecule has 0 spiro atoms. The maximum absolute atomic E-state index is 13.1. The van der Waals surface area contributed by atoms with E-state index < -0.39 is 22.0 Å². The molecule has 1 atom stereocenters. The molecule has 1 aliphatic heterocycles. The Morgan fingerprint density at radius 1 is 1.19 bits per heavy atom. The molecular formula is C21H22N4O4S3. The maximum Gasteiger partial charge on any atom is 0.244 e. The van der Waals surface area contributed by atoms with Gasteiger partial charge in [0.1, 0.15) is 11.8 Å². The van der Waals surface area contributed by atoms with E-state index in [1.807, 2.05) is 30.3 Å². The van der Waals surface area contributed by atoms with Crippen LogP contribution in [0.2, 0.25) is 0 Å². The number of carbonyl (C=O) groups excluding carboxylic acids is 1. The van der Waals surface area contributed by atoms with Crippen molar-refractivity contribution in [1.82, 2.24) is 14.5 Å². The van der Waals surface area contributed by atoms with Gasteiger partial charge < -0.3 is 4.74 Å². The van der Waals surface area contributed by atoms with Gasteiger partial charge in [0.2, 0.25) is 21.1 Å². The van der Waals surface area contributed by atoms with Crippen LogP contribution in [-0.2, 0) is 20.6 Å². The Hall–Kier alpha value is -2.47. The van der Waals surface area contributed by atoms with Crippen molar-refractivity contribution in [2.75, 3.05) is 19.0 Å². The lowest BCUT2D eigenvalue weighted by Gasteiger charge is -2.23. The number of methoxy groups -OCH3 is 1. The van der Waals surface area contributed by atoms with Crippen molar-refractivity contribution >= 4 is 44.2 Å². The first-order valence-corrected chi connectivity index (χ1v) is 13.2. The minimum absolute atomic E-state index is 0.133. The molecule has 0 saturated carbocycles. The molecule has 1 saturated heterocycles. The number of hydrogen-bond acceptors (Lipinski definition) is 8. The fourth-order valence-corrected chi connectivity index (χ4v) is 6.77. The molecule has 11 heteroatoms. The first-order chi connectivity index (χ1) is 15.5. The molecule has 0 radical (unpaired) electrons. The summed E-state index contributed by atoms with van der Waals surface area (Å²) in [5.41, 5.74) is 1.17. The number of rotatable bonds is 8. The molecule has 2 heterocycles. The van der Waals surface area contributed by atoms with Crippen LogP contribution in [0.3, 0.4) is 0 Å². The highest BCUT2D eigenvalue weighted by Crippen LogP contribution is 2.31. The summed E-state index contributed by atoms with van der Waals surface area (Å²) in [7, 11) is -2.29. The van der Waals surface area contributed by atoms with Gasteiger partial charge in [-0.2, -0.15) is 4.31 Å². The molecule has 1 amide bonds. The zero-order valence-electron chi connectivity index (χ0n) is 17.3. The molecular weight excluding hydrogens is 468 g/mol. The number of ether oxygens (including phenoxy) is 1. The molecule has 1 fully saturated rings. The molecule has 168 valence electrons. The average molecular weight is 491 g/mol. The Balaban J connectivity index is 1.41. The third-order valence-corrected chi connectivity index (χ3v) is 8.98. The summed E-state index contributed by atoms with van der Waals surface area (Å²) in [5.74, 6) is 0.923. The first kappa shape index (κ1) is 22.7. The van der Waals surface area contributed by atoms with E-state index in [0.717, 1.165) is 10.1 Å². The second kappa shape index (κ2) is 9.99. The van der Waals surface area contributed by atoms with Crippen LogP contribution in [0.25, 0.3) is 0 Å². The molecule has 1 aromatic heterocycles. The molecule has 32 heavy (non-hydrogen) atoms. The minimum Gasteiger partial charge on any atom is -0.497 e. The van der Waals surface area contributed by atoms with Crippen molar-refractivity contribution in [1.29, 1.82) is 0 Å². The van der Waals surface area contributed by atoms with E-state index in [-0.39, 0.29) is 4.90 Å². The molecule has 2 aromatic carbocycles. The summed E-state index contributed by atoms with van der Waals surface area (Å²) in [4.78, 5) is 13.0. The number of amides is 1. The Morgan fingerprint density at radius 3 is 2.66 bits per heavy atom. The number of nitrogens with one attached hydrogen (secondary N) is 1. The van der Waals surface area contributed by atoms with Gasteiger partial charge in [-0.1, -0.05) is 53.4 Å². The van der Waals surface area contributed by atoms with Crippen molar-refractivity contribution in [2.24, 2.45) is 0 Å². The minimum atomic E-state index is -3.80. The Morgan fingerprint density at radius 2 is 1.94 bits per heavy atom. The highest BCUT2D eigenvalue weighted by atomic mass is 32.2. The number of sulfonamides is 1. The lowest BCUT2D eigenvalue weighted by molar-refractivity contribution is -0.119. The summed E-state index contributed by atoms with van der Waals surface area (Å²) in [6, 6.07) is 15.4. The number of carbonyl (C=O) groups is 1. The van der Waals surface area contributed by atoms with Gasteiger partial charge >= 0.3 is 0 Å². The number of aromatic nitrogens is 2. The van der Waals surface area contributed by atoms with Crippen LogP contribution in [0.4, 0.5) is 5.13 Å². The number of hydrogen-bond donors (Lipinski definition) is 1. The van der Waals surface area contributed by atoms with Gasteiger partial charge in [0.25, 0.3) is 0 Å². The highest BCUT2D eigenvalue weighted by molar-refractivity contribution is 8.00. The van der Waals surface area contributed by atoms with Gasteiger partial charge in [-0.15, -0.1) is 10.2 Å². The smallest absolute Gasteiger partial charge is 0.244 e. The second-order valence-corrected chi connectivity index (χ2v) is 11.2. The van der Waals surface area contributed by atoms with Crippen molar-refractivity contribution in [2.45, 2.75) is 33.9 Å². The fourth-order valence-electron chi connectivity index (χ4n) is 3.40. The summed E-state index contributed by atoms with van der Waals surface area (Å²) in [5, 5.41) is 11.3. The topological polar surface area (TPSA) is 101 Å². The molecule has 8 nitrogen and oxygen atoms in total. The van der Waals surface area contributed by atoms with Gasteiger partial charge in [0, 0.05) is 12.3 Å². The standard InChI is InChI=1S/C21H22N4O4S3/c1-29-16-9-11-17(12-10-16)32(27,28)25-13-5-8-18(25)19(26)22-20-23-24-21(31-20)30-14-15-6-3-2-4-7-15/h2-4,6-7,9-12,18H,5,8,13-14H2,1H3,(H,22,23,26)/t18-/m0/s1. The zero-order chi connectivity index (χ0) is 22.6. The predicted octanol–water partition coefficient (Wildman–Crippen LogP) is 3.63. The molecule has 4 rings (SSSR count). The zero-order valence-corrected chi connectivity index (χ0v) is 19.8. The second-order valence-electron chi connectivity index (χ2n) is 7.09. The van der Waals surface area contributed by atoms with Crippen molar-refractivity contribution < 1.29 is 17.9 Å². The van der Waals surface area contributed by atoms with Gasteiger partial charge in [-0.3, -0.25) is 10.1 Å². The third-order valence-electron chi connectivity index (χ3n) is 5.01. The summed E-state index contributed by atoms with van der Waals surface area (Å²) < 4.78 is 33.3. The molecule has 3 aromatic rings. The highest BCUT2D eigenvalue weighted by Gasteiger charge is 2.39. The van der Waals surface area contributed by atoms with Crippen LogP contribution in [0.1, 0.15) is 18.4 Å². The largest absolute Gasteiger partial charge is 0.497 e. The van der Waals surface area contributed by atoms with Crippen molar-refractivity contribution in [3.05, 3.63) is 60.2 Å². The van der Waals surface area contributed by atoms with Crippen LogP contribution >= 0.6 is 23.1 Å². The normalized spacial score (nSPS) is 16.7. The molecule has 0 aliphatic carbocycles. The number of benzene rings is 2. The third kappa shape index (κ3) is 5.12. The molecule has 1 aliphatic rings. The summed E-state index contributed by atoms with van der Waals surface area (Å²) in [6.07, 6.45) is 1.07. The van der Waals surface area contributed by atoms with E-state index in [4.69, 9.17) is 4.74 Å². The lowest BCUT2D eigenvalue weighted by atomic mass is 10.2. The van der Waals surface area contributed by atoms with Crippen LogP contribution in [0, 0.1) is 0 Å². The molecule has 1 N–H and O–H groups in total. The molecule has 0 unspecified atom stereocenters. The van der Waals surface area contributed by atoms with E-state index in [0.29, 0.717) is 30.3 Å². The van der Waals surface area contributed by atoms with Gasteiger partial charge in [0.05, 0.1) is 12.0 Å². The maximum atomic E-state index is 13.1. The first-order valence-electron chi connectivity index (χ1n) is 9.94. The van der Waals surface area contributed by atoms with Crippen LogP contribution in [0.5, 0.6) is 5.75 Å². The number of nitrogens with zero attached hydrogens (tertiary/aromatic N) is 3. The van der Waals surface area contributed by atoms with Gasteiger partial charge in [0.15, 0.2) is 4.34 Å². The van der Waals surface area contributed by atoms with E-state index in [1.54, 1.807) is 12.1 Å². The average Bonchev–Trinajstić information content (AvgIpc) is 3.48. The number of anilines is 1. The SMILES string of the molecule is COc1ccc(S(=O)(=O)N2CCC[C@H]2C(=O)Nc2nnc(SCc3ccccc3)s2)cc1. The van der Waals surface area contributed by atoms with E-state index in [2.05, 4.69) is 15.5 Å². The summed E-state index contributed by atoms with van der Waals surface area (Å²) in [6.45, 7) is 0.292. The van der Waals surface area contributed by atoms with Crippen LogP contribution in [0.15, 0.2) is 63.8 Å². The van der Waals surface area contributed by atoms with Crippen LogP contribution in [-0.4, -0.2) is 48.5 Å². The predicted molar refractivity (Wildman–Crippen MR) is 124 cm³/mol. The van der Waals surface area contributed by atoms with E-state index >= 15 is 0 Å². The van der Waals surface area contributed by atoms with Gasteiger partial charge in [-0.05, 0) is 42.7 Å². The monoisotopic (exact) mass is 490 g/mol.